The number of ether oxygens (including phenoxy) is 1. The van der Waals surface area contributed by atoms with Gasteiger partial charge in [0.1, 0.15) is 11.3 Å². The minimum Gasteiger partial charge on any atom is -0.481 e. The Kier molecular flexibility index (Phi) is 2.59. The minimum atomic E-state index is 0.337. The maximum absolute atomic E-state index is 5.85. The van der Waals surface area contributed by atoms with Crippen molar-refractivity contribution >= 4 is 16.9 Å². The molecule has 0 N–H and O–H groups in total. The van der Waals surface area contributed by atoms with Gasteiger partial charge in [0.2, 0.25) is 0 Å². The molecule has 0 radical (unpaired) electrons. The van der Waals surface area contributed by atoms with Gasteiger partial charge in [-0.25, -0.2) is 0 Å². The Balaban J connectivity index is 1.82. The third-order valence-electron chi connectivity index (χ3n) is 3.07. The third-order valence-corrected chi connectivity index (χ3v) is 3.07. The van der Waals surface area contributed by atoms with E-state index in [4.69, 9.17) is 9.15 Å². The van der Waals surface area contributed by atoms with E-state index < -0.39 is 0 Å². The van der Waals surface area contributed by atoms with Crippen molar-refractivity contribution in [2.75, 3.05) is 13.2 Å². The number of aliphatic imine (C=N–C) groups is 1. The van der Waals surface area contributed by atoms with Crippen molar-refractivity contribution in [3.63, 3.8) is 0 Å². The van der Waals surface area contributed by atoms with Gasteiger partial charge >= 0.3 is 0 Å². The Morgan fingerprint density at radius 2 is 2.29 bits per heavy atom. The first-order valence-electron chi connectivity index (χ1n) is 6.01. The molecule has 0 saturated heterocycles. The SMILES string of the molecule is CCOC1=NCC(c2cc3ccccc3o2)C1. The molecule has 88 valence electrons. The number of nitrogens with zero attached hydrogens (tertiary/aromatic N) is 1. The van der Waals surface area contributed by atoms with Crippen LogP contribution in [0.2, 0.25) is 0 Å². The first kappa shape index (κ1) is 10.4. The molecule has 3 rings (SSSR count). The molecule has 1 aliphatic heterocycles. The second-order valence-electron chi connectivity index (χ2n) is 4.26. The fourth-order valence-electron chi connectivity index (χ4n) is 2.22. The molecule has 0 aliphatic carbocycles. The smallest absolute Gasteiger partial charge is 0.183 e. The number of hydrogen-bond donors (Lipinski definition) is 0. The molecule has 0 saturated carbocycles. The van der Waals surface area contributed by atoms with Crippen LogP contribution in [0.3, 0.4) is 0 Å². The van der Waals surface area contributed by atoms with Crippen molar-refractivity contribution in [1.29, 1.82) is 0 Å². The number of furan rings is 1. The number of hydrogen-bond acceptors (Lipinski definition) is 3. The summed E-state index contributed by atoms with van der Waals surface area (Å²) in [6.45, 7) is 3.44. The molecule has 0 amide bonds. The molecule has 2 heterocycles. The van der Waals surface area contributed by atoms with Gasteiger partial charge in [-0.15, -0.1) is 0 Å². The van der Waals surface area contributed by atoms with E-state index in [1.54, 1.807) is 0 Å². The highest BCUT2D eigenvalue weighted by Crippen LogP contribution is 2.30. The van der Waals surface area contributed by atoms with Gasteiger partial charge in [-0.3, -0.25) is 4.99 Å². The van der Waals surface area contributed by atoms with E-state index in [9.17, 15) is 0 Å². The molecule has 0 bridgehead atoms. The highest BCUT2D eigenvalue weighted by molar-refractivity contribution is 5.81. The van der Waals surface area contributed by atoms with Crippen LogP contribution in [-0.4, -0.2) is 19.0 Å². The topological polar surface area (TPSA) is 34.7 Å². The lowest BCUT2D eigenvalue weighted by Gasteiger charge is -2.04. The van der Waals surface area contributed by atoms with Crippen molar-refractivity contribution in [1.82, 2.24) is 0 Å². The van der Waals surface area contributed by atoms with Crippen LogP contribution in [-0.2, 0) is 4.74 Å². The van der Waals surface area contributed by atoms with Crippen LogP contribution in [0.25, 0.3) is 11.0 Å². The fraction of sp³-hybridized carbons (Fsp3) is 0.357. The van der Waals surface area contributed by atoms with Crippen LogP contribution in [0.5, 0.6) is 0 Å². The van der Waals surface area contributed by atoms with Gasteiger partial charge in [-0.05, 0) is 19.1 Å². The van der Waals surface area contributed by atoms with Crippen molar-refractivity contribution in [2.24, 2.45) is 4.99 Å². The molecule has 17 heavy (non-hydrogen) atoms. The second-order valence-corrected chi connectivity index (χ2v) is 4.26. The minimum absolute atomic E-state index is 0.337. The summed E-state index contributed by atoms with van der Waals surface area (Å²) in [4.78, 5) is 4.39. The normalized spacial score (nSPS) is 19.6. The Bertz CT molecular complexity index is 523. The standard InChI is InChI=1S/C14H15NO2/c1-2-16-14-8-11(9-15-14)13-7-10-5-3-4-6-12(10)17-13/h3-7,11H,2,8-9H2,1H3. The lowest BCUT2D eigenvalue weighted by Crippen LogP contribution is -2.03. The van der Waals surface area contributed by atoms with Gasteiger partial charge in [0.05, 0.1) is 13.2 Å². The molecular weight excluding hydrogens is 214 g/mol. The summed E-state index contributed by atoms with van der Waals surface area (Å²) in [7, 11) is 0. The van der Waals surface area contributed by atoms with E-state index in [0.29, 0.717) is 12.5 Å². The predicted molar refractivity (Wildman–Crippen MR) is 67.5 cm³/mol. The molecule has 1 unspecified atom stereocenters. The van der Waals surface area contributed by atoms with Crippen LogP contribution in [0.15, 0.2) is 39.7 Å². The number of para-hydroxylation sites is 1. The van der Waals surface area contributed by atoms with E-state index in [1.807, 2.05) is 25.1 Å². The molecule has 2 aromatic rings. The van der Waals surface area contributed by atoms with Crippen molar-refractivity contribution in [2.45, 2.75) is 19.3 Å². The second kappa shape index (κ2) is 4.24. The Hall–Kier alpha value is -1.77. The molecule has 3 heteroatoms. The zero-order chi connectivity index (χ0) is 11.7. The summed E-state index contributed by atoms with van der Waals surface area (Å²) in [6, 6.07) is 10.2. The van der Waals surface area contributed by atoms with Crippen LogP contribution in [0.4, 0.5) is 0 Å². The largest absolute Gasteiger partial charge is 0.481 e. The van der Waals surface area contributed by atoms with Crippen LogP contribution >= 0.6 is 0 Å². The molecule has 0 spiro atoms. The molecule has 1 aromatic heterocycles. The number of fused-ring (bicyclic) bond motifs is 1. The first-order chi connectivity index (χ1) is 8.36. The van der Waals surface area contributed by atoms with Crippen molar-refractivity contribution in [3.8, 4) is 0 Å². The third kappa shape index (κ3) is 1.93. The average molecular weight is 229 g/mol. The zero-order valence-corrected chi connectivity index (χ0v) is 9.85. The van der Waals surface area contributed by atoms with Crippen LogP contribution in [0, 0.1) is 0 Å². The zero-order valence-electron chi connectivity index (χ0n) is 9.85. The lowest BCUT2D eigenvalue weighted by molar-refractivity contribution is 0.319. The number of benzene rings is 1. The molecule has 1 aliphatic rings. The molecule has 1 atom stereocenters. The van der Waals surface area contributed by atoms with E-state index >= 15 is 0 Å². The van der Waals surface area contributed by atoms with Crippen LogP contribution in [0.1, 0.15) is 25.0 Å². The Morgan fingerprint density at radius 1 is 1.41 bits per heavy atom. The van der Waals surface area contributed by atoms with E-state index in [1.165, 1.54) is 0 Å². The monoisotopic (exact) mass is 229 g/mol. The van der Waals surface area contributed by atoms with Crippen molar-refractivity contribution in [3.05, 3.63) is 36.1 Å². The molecule has 3 nitrogen and oxygen atoms in total. The summed E-state index contributed by atoms with van der Waals surface area (Å²) in [5.74, 6) is 2.21. The summed E-state index contributed by atoms with van der Waals surface area (Å²) in [5.41, 5.74) is 0.951. The van der Waals surface area contributed by atoms with E-state index in [2.05, 4.69) is 17.1 Å². The highest BCUT2D eigenvalue weighted by Gasteiger charge is 2.24. The quantitative estimate of drug-likeness (QED) is 0.791. The lowest BCUT2D eigenvalue weighted by atomic mass is 10.1. The fourth-order valence-corrected chi connectivity index (χ4v) is 2.22. The molecule has 1 aromatic carbocycles. The Morgan fingerprint density at radius 3 is 3.12 bits per heavy atom. The summed E-state index contributed by atoms with van der Waals surface area (Å²) in [6.07, 6.45) is 0.855. The number of rotatable bonds is 2. The summed E-state index contributed by atoms with van der Waals surface area (Å²) in [5, 5.41) is 1.16. The van der Waals surface area contributed by atoms with Crippen LogP contribution < -0.4 is 0 Å². The maximum atomic E-state index is 5.85. The van der Waals surface area contributed by atoms with Gasteiger partial charge in [0.25, 0.3) is 0 Å². The molecule has 0 fully saturated rings. The maximum Gasteiger partial charge on any atom is 0.183 e. The van der Waals surface area contributed by atoms with Gasteiger partial charge < -0.3 is 9.15 Å². The average Bonchev–Trinajstić information content (AvgIpc) is 2.94. The predicted octanol–water partition coefficient (Wildman–Crippen LogP) is 3.36. The molecular formula is C14H15NO2. The first-order valence-corrected chi connectivity index (χ1v) is 6.01. The van der Waals surface area contributed by atoms with Gasteiger partial charge in [-0.1, -0.05) is 18.2 Å². The van der Waals surface area contributed by atoms with Gasteiger partial charge in [0.15, 0.2) is 5.90 Å². The summed E-state index contributed by atoms with van der Waals surface area (Å²) < 4.78 is 11.3. The van der Waals surface area contributed by atoms with Gasteiger partial charge in [-0.2, -0.15) is 0 Å². The Labute approximate surface area is 100 Å². The van der Waals surface area contributed by atoms with E-state index in [0.717, 1.165) is 35.6 Å². The summed E-state index contributed by atoms with van der Waals surface area (Å²) >= 11 is 0. The van der Waals surface area contributed by atoms with E-state index in [-0.39, 0.29) is 0 Å². The highest BCUT2D eigenvalue weighted by atomic mass is 16.5. The van der Waals surface area contributed by atoms with Gasteiger partial charge in [0, 0.05) is 17.7 Å². The van der Waals surface area contributed by atoms with Crippen molar-refractivity contribution < 1.29 is 9.15 Å².